The molecule has 0 radical (unpaired) electrons. The van der Waals surface area contributed by atoms with E-state index in [4.69, 9.17) is 4.98 Å². The Kier molecular flexibility index (Phi) is 2.35. The molecule has 0 aliphatic carbocycles. The molecule has 0 bridgehead atoms. The van der Waals surface area contributed by atoms with E-state index in [9.17, 15) is 0 Å². The molecule has 3 aromatic heterocycles. The van der Waals surface area contributed by atoms with Crippen LogP contribution < -0.4 is 0 Å². The number of imidazole rings is 1. The highest BCUT2D eigenvalue weighted by atomic mass is 15.0. The largest absolute Gasteiger partial charge is 0.292 e. The summed E-state index contributed by atoms with van der Waals surface area (Å²) in [4.78, 5) is 9.51. The van der Waals surface area contributed by atoms with Crippen LogP contribution in [0.5, 0.6) is 0 Å². The van der Waals surface area contributed by atoms with E-state index < -0.39 is 0 Å². The number of hydrogen-bond donors (Lipinski definition) is 0. The van der Waals surface area contributed by atoms with Crippen molar-refractivity contribution in [2.75, 3.05) is 0 Å². The lowest BCUT2D eigenvalue weighted by Crippen LogP contribution is -1.92. The Balaban J connectivity index is 2.08. The van der Waals surface area contributed by atoms with E-state index in [0.29, 0.717) is 0 Å². The predicted octanol–water partition coefficient (Wildman–Crippen LogP) is 5.34. The van der Waals surface area contributed by atoms with Gasteiger partial charge in [-0.15, -0.1) is 0 Å². The molecule has 0 aliphatic heterocycles. The molecule has 116 valence electrons. The zero-order chi connectivity index (χ0) is 16.4. The van der Waals surface area contributed by atoms with Crippen LogP contribution in [0.1, 0.15) is 0 Å². The normalized spacial score (nSPS) is 12.0. The number of pyridine rings is 2. The number of rotatable bonds is 0. The molecule has 3 aromatic carbocycles. The summed E-state index contributed by atoms with van der Waals surface area (Å²) in [6.07, 6.45) is 1.84. The van der Waals surface area contributed by atoms with Crippen LogP contribution in [-0.4, -0.2) is 14.4 Å². The maximum absolute atomic E-state index is 4.98. The van der Waals surface area contributed by atoms with Gasteiger partial charge in [0.05, 0.1) is 22.1 Å². The van der Waals surface area contributed by atoms with E-state index >= 15 is 0 Å². The molecule has 0 unspecified atom stereocenters. The Morgan fingerprint density at radius 3 is 2.36 bits per heavy atom. The van der Waals surface area contributed by atoms with Crippen LogP contribution >= 0.6 is 0 Å². The summed E-state index contributed by atoms with van der Waals surface area (Å²) in [7, 11) is 0. The molecule has 0 aliphatic rings. The molecule has 0 saturated heterocycles. The van der Waals surface area contributed by atoms with Gasteiger partial charge >= 0.3 is 0 Å². The van der Waals surface area contributed by atoms with Gasteiger partial charge in [-0.1, -0.05) is 42.5 Å². The zero-order valence-electron chi connectivity index (χ0n) is 13.3. The second-order valence-corrected chi connectivity index (χ2v) is 6.33. The minimum Gasteiger partial charge on any atom is -0.292 e. The van der Waals surface area contributed by atoms with Crippen molar-refractivity contribution in [3.63, 3.8) is 0 Å². The van der Waals surface area contributed by atoms with Gasteiger partial charge in [-0.2, -0.15) is 0 Å². The lowest BCUT2D eigenvalue weighted by Gasteiger charge is -2.10. The van der Waals surface area contributed by atoms with Crippen molar-refractivity contribution in [2.45, 2.75) is 0 Å². The summed E-state index contributed by atoms with van der Waals surface area (Å²) in [5, 5.41) is 4.77. The van der Waals surface area contributed by atoms with Gasteiger partial charge in [0.2, 0.25) is 0 Å². The van der Waals surface area contributed by atoms with Crippen LogP contribution in [0.2, 0.25) is 0 Å². The molecule has 0 N–H and O–H groups in total. The van der Waals surface area contributed by atoms with E-state index in [0.717, 1.165) is 27.6 Å². The third-order valence-corrected chi connectivity index (χ3v) is 5.00. The standard InChI is InChI=1S/C22H13N3/c1-3-9-19-14(6-1)15-11-12-17-16(7-5-13-23-17)21(15)22-24-18-8-2-4-10-20(18)25(19)22/h1-13H. The Labute approximate surface area is 143 Å². The van der Waals surface area contributed by atoms with E-state index in [1.54, 1.807) is 0 Å². The number of benzene rings is 3. The van der Waals surface area contributed by atoms with Gasteiger partial charge in [0.25, 0.3) is 0 Å². The van der Waals surface area contributed by atoms with Crippen LogP contribution in [0, 0.1) is 0 Å². The number of hydrogen-bond acceptors (Lipinski definition) is 2. The highest BCUT2D eigenvalue weighted by molar-refractivity contribution is 6.22. The molecular weight excluding hydrogens is 306 g/mol. The van der Waals surface area contributed by atoms with Gasteiger partial charge in [-0.3, -0.25) is 9.38 Å². The summed E-state index contributed by atoms with van der Waals surface area (Å²) in [6.45, 7) is 0. The van der Waals surface area contributed by atoms with Gasteiger partial charge in [-0.25, -0.2) is 4.98 Å². The first-order chi connectivity index (χ1) is 12.4. The molecule has 25 heavy (non-hydrogen) atoms. The van der Waals surface area contributed by atoms with Gasteiger partial charge < -0.3 is 0 Å². The SMILES string of the molecule is c1ccc2c(c1)nc1c3c4cccnc4ccc3c3ccccc3n21. The molecule has 6 rings (SSSR count). The van der Waals surface area contributed by atoms with Gasteiger partial charge in [0, 0.05) is 22.4 Å². The van der Waals surface area contributed by atoms with Crippen molar-refractivity contribution in [2.24, 2.45) is 0 Å². The van der Waals surface area contributed by atoms with E-state index in [1.807, 2.05) is 18.3 Å². The summed E-state index contributed by atoms with van der Waals surface area (Å²) < 4.78 is 2.28. The van der Waals surface area contributed by atoms with Crippen LogP contribution in [0.25, 0.3) is 49.3 Å². The average Bonchev–Trinajstić information content (AvgIpc) is 3.07. The topological polar surface area (TPSA) is 30.2 Å². The Morgan fingerprint density at radius 2 is 1.40 bits per heavy atom. The molecule has 6 aromatic rings. The minimum absolute atomic E-state index is 0.994. The Bertz CT molecular complexity index is 1440. The number of aromatic nitrogens is 3. The fourth-order valence-corrected chi connectivity index (χ4v) is 3.95. The lowest BCUT2D eigenvalue weighted by atomic mass is 10.0. The number of nitrogens with zero attached hydrogens (tertiary/aromatic N) is 3. The van der Waals surface area contributed by atoms with Crippen LogP contribution in [0.4, 0.5) is 0 Å². The summed E-state index contributed by atoms with van der Waals surface area (Å²) in [6, 6.07) is 25.3. The quantitative estimate of drug-likeness (QED) is 0.354. The molecule has 0 saturated carbocycles. The summed E-state index contributed by atoms with van der Waals surface area (Å²) in [5.41, 5.74) is 5.33. The van der Waals surface area contributed by atoms with Gasteiger partial charge in [0.15, 0.2) is 0 Å². The lowest BCUT2D eigenvalue weighted by molar-refractivity contribution is 1.32. The maximum Gasteiger partial charge on any atom is 0.147 e. The second kappa shape index (κ2) is 4.54. The van der Waals surface area contributed by atoms with E-state index in [1.165, 1.54) is 21.7 Å². The number of para-hydroxylation sites is 3. The number of fused-ring (bicyclic) bond motifs is 10. The predicted molar refractivity (Wildman–Crippen MR) is 103 cm³/mol. The van der Waals surface area contributed by atoms with Crippen molar-refractivity contribution in [3.05, 3.63) is 79.0 Å². The molecule has 0 fully saturated rings. The maximum atomic E-state index is 4.98. The first-order valence-electron chi connectivity index (χ1n) is 8.37. The van der Waals surface area contributed by atoms with Crippen LogP contribution in [0.15, 0.2) is 79.0 Å². The molecule has 0 spiro atoms. The monoisotopic (exact) mass is 319 g/mol. The zero-order valence-corrected chi connectivity index (χ0v) is 13.3. The van der Waals surface area contributed by atoms with Gasteiger partial charge in [-0.05, 0) is 35.7 Å². The smallest absolute Gasteiger partial charge is 0.147 e. The first-order valence-corrected chi connectivity index (χ1v) is 8.37. The fraction of sp³-hybridized carbons (Fsp3) is 0. The molecule has 0 atom stereocenters. The molecule has 0 amide bonds. The molecule has 3 nitrogen and oxygen atoms in total. The molecule has 3 heteroatoms. The third kappa shape index (κ3) is 1.59. The fourth-order valence-electron chi connectivity index (χ4n) is 3.95. The van der Waals surface area contributed by atoms with Crippen molar-refractivity contribution in [3.8, 4) is 0 Å². The highest BCUT2D eigenvalue weighted by Crippen LogP contribution is 2.35. The summed E-state index contributed by atoms with van der Waals surface area (Å²) in [5.74, 6) is 0. The van der Waals surface area contributed by atoms with Crippen molar-refractivity contribution >= 4 is 49.3 Å². The third-order valence-electron chi connectivity index (χ3n) is 5.00. The van der Waals surface area contributed by atoms with Crippen LogP contribution in [0.3, 0.4) is 0 Å². The molecule has 3 heterocycles. The van der Waals surface area contributed by atoms with E-state index in [2.05, 4.69) is 70.0 Å². The van der Waals surface area contributed by atoms with Crippen molar-refractivity contribution < 1.29 is 0 Å². The Morgan fingerprint density at radius 1 is 0.600 bits per heavy atom. The van der Waals surface area contributed by atoms with E-state index in [-0.39, 0.29) is 0 Å². The Hall–Kier alpha value is -3.46. The van der Waals surface area contributed by atoms with Crippen molar-refractivity contribution in [1.82, 2.24) is 14.4 Å². The van der Waals surface area contributed by atoms with Gasteiger partial charge in [0.1, 0.15) is 5.65 Å². The first kappa shape index (κ1) is 12.9. The summed E-state index contributed by atoms with van der Waals surface area (Å²) >= 11 is 0. The highest BCUT2D eigenvalue weighted by Gasteiger charge is 2.15. The van der Waals surface area contributed by atoms with Crippen molar-refractivity contribution in [1.29, 1.82) is 0 Å². The second-order valence-electron chi connectivity index (χ2n) is 6.33. The minimum atomic E-state index is 0.994. The molecular formula is C22H13N3. The average molecular weight is 319 g/mol. The van der Waals surface area contributed by atoms with Crippen LogP contribution in [-0.2, 0) is 0 Å².